The Balaban J connectivity index is 1.98. The van der Waals surface area contributed by atoms with E-state index in [1.165, 1.54) is 34.8 Å². The molecule has 1 aliphatic rings. The molecule has 17 heavy (non-hydrogen) atoms. The number of aromatic nitrogens is 1. The molecule has 0 aliphatic heterocycles. The number of hydrogen-bond donors (Lipinski definition) is 1. The van der Waals surface area contributed by atoms with Crippen molar-refractivity contribution in [2.75, 3.05) is 0 Å². The standard InChI is InChI=1S/C14H24N2S/c1-9-13(17-11(3)15-9)10(2)16-12-6-7-14(4,5)8-12/h10,12,16H,6-8H2,1-5H3. The molecule has 3 heteroatoms. The lowest BCUT2D eigenvalue weighted by Crippen LogP contribution is -2.30. The Morgan fingerprint density at radius 3 is 2.59 bits per heavy atom. The summed E-state index contributed by atoms with van der Waals surface area (Å²) < 4.78 is 0. The second-order valence-corrected chi connectivity index (χ2v) is 7.41. The van der Waals surface area contributed by atoms with Crippen LogP contribution in [0.1, 0.15) is 61.7 Å². The largest absolute Gasteiger partial charge is 0.307 e. The lowest BCUT2D eigenvalue weighted by atomic mass is 9.92. The van der Waals surface area contributed by atoms with E-state index in [-0.39, 0.29) is 0 Å². The Morgan fingerprint density at radius 2 is 2.12 bits per heavy atom. The maximum Gasteiger partial charge on any atom is 0.0900 e. The van der Waals surface area contributed by atoms with Gasteiger partial charge in [-0.3, -0.25) is 0 Å². The van der Waals surface area contributed by atoms with E-state index in [1.54, 1.807) is 0 Å². The summed E-state index contributed by atoms with van der Waals surface area (Å²) in [4.78, 5) is 5.92. The Kier molecular flexibility index (Phi) is 3.60. The van der Waals surface area contributed by atoms with Gasteiger partial charge in [-0.2, -0.15) is 0 Å². The van der Waals surface area contributed by atoms with Gasteiger partial charge in [-0.15, -0.1) is 11.3 Å². The Bertz CT molecular complexity index is 395. The van der Waals surface area contributed by atoms with E-state index >= 15 is 0 Å². The first-order chi connectivity index (χ1) is 7.87. The maximum absolute atomic E-state index is 4.51. The third kappa shape index (κ3) is 3.08. The summed E-state index contributed by atoms with van der Waals surface area (Å²) in [5.41, 5.74) is 1.72. The summed E-state index contributed by atoms with van der Waals surface area (Å²) in [5, 5.41) is 4.95. The van der Waals surface area contributed by atoms with Gasteiger partial charge in [0, 0.05) is 17.0 Å². The second-order valence-electron chi connectivity index (χ2n) is 6.17. The highest BCUT2D eigenvalue weighted by Crippen LogP contribution is 2.38. The predicted molar refractivity (Wildman–Crippen MR) is 74.6 cm³/mol. The van der Waals surface area contributed by atoms with Crippen molar-refractivity contribution in [2.24, 2.45) is 5.41 Å². The van der Waals surface area contributed by atoms with E-state index in [2.05, 4.69) is 44.9 Å². The molecule has 2 rings (SSSR count). The number of rotatable bonds is 3. The molecule has 0 aromatic carbocycles. The van der Waals surface area contributed by atoms with Gasteiger partial charge in [0.25, 0.3) is 0 Å². The zero-order valence-corrected chi connectivity index (χ0v) is 12.4. The third-order valence-corrected chi connectivity index (χ3v) is 5.04. The van der Waals surface area contributed by atoms with Crippen molar-refractivity contribution in [1.29, 1.82) is 0 Å². The van der Waals surface area contributed by atoms with Crippen molar-refractivity contribution in [3.8, 4) is 0 Å². The van der Waals surface area contributed by atoms with E-state index < -0.39 is 0 Å². The van der Waals surface area contributed by atoms with Gasteiger partial charge in [-0.1, -0.05) is 13.8 Å². The number of thiazole rings is 1. The van der Waals surface area contributed by atoms with Crippen LogP contribution in [0.15, 0.2) is 0 Å². The summed E-state index contributed by atoms with van der Waals surface area (Å²) in [6.45, 7) is 11.2. The van der Waals surface area contributed by atoms with Crippen molar-refractivity contribution in [2.45, 2.75) is 66.0 Å². The SMILES string of the molecule is Cc1nc(C)c(C(C)NC2CCC(C)(C)C2)s1. The maximum atomic E-state index is 4.51. The first kappa shape index (κ1) is 13.0. The highest BCUT2D eigenvalue weighted by molar-refractivity contribution is 7.11. The molecule has 1 heterocycles. The molecule has 1 fully saturated rings. The van der Waals surface area contributed by atoms with E-state index in [0.717, 1.165) is 0 Å². The first-order valence-corrected chi connectivity index (χ1v) is 7.39. The lowest BCUT2D eigenvalue weighted by Gasteiger charge is -2.21. The van der Waals surface area contributed by atoms with Crippen molar-refractivity contribution in [1.82, 2.24) is 10.3 Å². The first-order valence-electron chi connectivity index (χ1n) is 6.57. The molecule has 96 valence electrons. The Hall–Kier alpha value is -0.410. The van der Waals surface area contributed by atoms with Gasteiger partial charge in [0.1, 0.15) is 0 Å². The van der Waals surface area contributed by atoms with Crippen molar-refractivity contribution >= 4 is 11.3 Å². The van der Waals surface area contributed by atoms with Gasteiger partial charge < -0.3 is 5.32 Å². The fourth-order valence-electron chi connectivity index (χ4n) is 2.96. The van der Waals surface area contributed by atoms with Crippen LogP contribution >= 0.6 is 11.3 Å². The van der Waals surface area contributed by atoms with Gasteiger partial charge in [0.05, 0.1) is 10.7 Å². The van der Waals surface area contributed by atoms with Gasteiger partial charge >= 0.3 is 0 Å². The molecule has 0 amide bonds. The van der Waals surface area contributed by atoms with Crippen LogP contribution in [-0.4, -0.2) is 11.0 Å². The van der Waals surface area contributed by atoms with E-state index in [4.69, 9.17) is 0 Å². The monoisotopic (exact) mass is 252 g/mol. The summed E-state index contributed by atoms with van der Waals surface area (Å²) >= 11 is 1.83. The average Bonchev–Trinajstić information content (AvgIpc) is 2.69. The highest BCUT2D eigenvalue weighted by atomic mass is 32.1. The van der Waals surface area contributed by atoms with Gasteiger partial charge in [0.2, 0.25) is 0 Å². The Labute approximate surface area is 109 Å². The molecule has 1 aromatic rings. The van der Waals surface area contributed by atoms with Gasteiger partial charge in [-0.25, -0.2) is 4.98 Å². The second kappa shape index (κ2) is 4.69. The van der Waals surface area contributed by atoms with Crippen LogP contribution in [-0.2, 0) is 0 Å². The van der Waals surface area contributed by atoms with E-state index in [0.29, 0.717) is 17.5 Å². The summed E-state index contributed by atoms with van der Waals surface area (Å²) in [6.07, 6.45) is 3.96. The molecule has 1 aliphatic carbocycles. The van der Waals surface area contributed by atoms with Crippen LogP contribution in [0.5, 0.6) is 0 Å². The highest BCUT2D eigenvalue weighted by Gasteiger charge is 2.31. The molecule has 2 nitrogen and oxygen atoms in total. The van der Waals surface area contributed by atoms with Crippen LogP contribution in [0.4, 0.5) is 0 Å². The number of nitrogens with one attached hydrogen (secondary N) is 1. The minimum absolute atomic E-state index is 0.445. The fourth-order valence-corrected chi connectivity index (χ4v) is 3.90. The zero-order valence-electron chi connectivity index (χ0n) is 11.6. The molecule has 2 unspecified atom stereocenters. The third-order valence-electron chi connectivity index (χ3n) is 3.79. The van der Waals surface area contributed by atoms with E-state index in [9.17, 15) is 0 Å². The van der Waals surface area contributed by atoms with Crippen LogP contribution in [0.3, 0.4) is 0 Å². The molecular weight excluding hydrogens is 228 g/mol. The molecular formula is C14H24N2S. The minimum atomic E-state index is 0.445. The van der Waals surface area contributed by atoms with Crippen molar-refractivity contribution < 1.29 is 0 Å². The Morgan fingerprint density at radius 1 is 1.41 bits per heavy atom. The summed E-state index contributed by atoms with van der Waals surface area (Å²) in [7, 11) is 0. The quantitative estimate of drug-likeness (QED) is 0.880. The van der Waals surface area contributed by atoms with Crippen LogP contribution in [0.25, 0.3) is 0 Å². The molecule has 0 bridgehead atoms. The average molecular weight is 252 g/mol. The number of hydrogen-bond acceptors (Lipinski definition) is 3. The predicted octanol–water partition coefficient (Wildman–Crippen LogP) is 3.99. The van der Waals surface area contributed by atoms with Crippen LogP contribution in [0, 0.1) is 19.3 Å². The number of aryl methyl sites for hydroxylation is 2. The van der Waals surface area contributed by atoms with Gasteiger partial charge in [0.15, 0.2) is 0 Å². The van der Waals surface area contributed by atoms with E-state index in [1.807, 2.05) is 11.3 Å². The molecule has 1 aromatic heterocycles. The molecule has 0 spiro atoms. The van der Waals surface area contributed by atoms with Crippen molar-refractivity contribution in [3.05, 3.63) is 15.6 Å². The molecule has 0 saturated heterocycles. The summed E-state index contributed by atoms with van der Waals surface area (Å²) in [6, 6.07) is 1.13. The minimum Gasteiger partial charge on any atom is -0.307 e. The fraction of sp³-hybridized carbons (Fsp3) is 0.786. The smallest absolute Gasteiger partial charge is 0.0900 e. The summed E-state index contributed by atoms with van der Waals surface area (Å²) in [5.74, 6) is 0. The molecule has 1 N–H and O–H groups in total. The topological polar surface area (TPSA) is 24.9 Å². The van der Waals surface area contributed by atoms with Gasteiger partial charge in [-0.05, 0) is 45.4 Å². The lowest BCUT2D eigenvalue weighted by molar-refractivity contribution is 0.356. The van der Waals surface area contributed by atoms with Crippen LogP contribution < -0.4 is 5.32 Å². The van der Waals surface area contributed by atoms with Crippen LogP contribution in [0.2, 0.25) is 0 Å². The molecule has 2 atom stereocenters. The number of nitrogens with zero attached hydrogens (tertiary/aromatic N) is 1. The normalized spacial score (nSPS) is 25.1. The van der Waals surface area contributed by atoms with Crippen molar-refractivity contribution in [3.63, 3.8) is 0 Å². The zero-order chi connectivity index (χ0) is 12.6. The molecule has 1 saturated carbocycles. The molecule has 0 radical (unpaired) electrons.